The Morgan fingerprint density at radius 1 is 1.53 bits per heavy atom. The van der Waals surface area contributed by atoms with Crippen molar-refractivity contribution in [2.24, 2.45) is 0 Å². The van der Waals surface area contributed by atoms with Crippen molar-refractivity contribution in [2.75, 3.05) is 5.75 Å². The van der Waals surface area contributed by atoms with Crippen molar-refractivity contribution in [1.82, 2.24) is 14.6 Å². The van der Waals surface area contributed by atoms with Gasteiger partial charge in [0.2, 0.25) is 0 Å². The molecule has 0 radical (unpaired) electrons. The van der Waals surface area contributed by atoms with Crippen molar-refractivity contribution < 1.29 is 0 Å². The van der Waals surface area contributed by atoms with Crippen LogP contribution in [0.25, 0.3) is 5.65 Å². The van der Waals surface area contributed by atoms with Crippen LogP contribution in [0.1, 0.15) is 12.0 Å². The molecule has 0 N–H and O–H groups in total. The minimum atomic E-state index is 0.445. The van der Waals surface area contributed by atoms with Crippen LogP contribution in [-0.2, 0) is 0 Å². The zero-order chi connectivity index (χ0) is 10.7. The first-order valence-corrected chi connectivity index (χ1v) is 5.42. The molecule has 0 aliphatic rings. The summed E-state index contributed by atoms with van der Waals surface area (Å²) < 4.78 is 1.65. The van der Waals surface area contributed by atoms with Gasteiger partial charge in [-0.2, -0.15) is 17.7 Å². The van der Waals surface area contributed by atoms with Crippen LogP contribution in [0.3, 0.4) is 0 Å². The van der Waals surface area contributed by atoms with Crippen molar-refractivity contribution in [3.05, 3.63) is 29.2 Å². The summed E-state index contributed by atoms with van der Waals surface area (Å²) in [6, 6.07) is 1.69. The Morgan fingerprint density at radius 2 is 2.40 bits per heavy atom. The predicted molar refractivity (Wildman–Crippen MR) is 63.3 cm³/mol. The highest BCUT2D eigenvalue weighted by Crippen LogP contribution is 2.10. The number of halogens is 1. The highest BCUT2D eigenvalue weighted by Gasteiger charge is 2.02. The third kappa shape index (κ3) is 2.25. The van der Waals surface area contributed by atoms with Gasteiger partial charge in [-0.05, 0) is 6.07 Å². The molecule has 0 bridgehead atoms. The lowest BCUT2D eigenvalue weighted by atomic mass is 10.3. The van der Waals surface area contributed by atoms with Crippen LogP contribution in [0.2, 0.25) is 5.15 Å². The van der Waals surface area contributed by atoms with E-state index in [2.05, 4.69) is 34.6 Å². The van der Waals surface area contributed by atoms with E-state index in [0.29, 0.717) is 10.8 Å². The molecule has 76 valence electrons. The molecule has 0 amide bonds. The van der Waals surface area contributed by atoms with Crippen LogP contribution in [-0.4, -0.2) is 20.4 Å². The molecular weight excluding hydrogens is 230 g/mol. The van der Waals surface area contributed by atoms with E-state index in [1.54, 1.807) is 23.0 Å². The first-order valence-electron chi connectivity index (χ1n) is 4.41. The Morgan fingerprint density at radius 3 is 3.20 bits per heavy atom. The van der Waals surface area contributed by atoms with Crippen LogP contribution >= 0.6 is 24.2 Å². The van der Waals surface area contributed by atoms with Crippen LogP contribution in [0.5, 0.6) is 0 Å². The average Bonchev–Trinajstić information content (AvgIpc) is 2.62. The fourth-order valence-corrected chi connectivity index (χ4v) is 1.40. The van der Waals surface area contributed by atoms with Crippen LogP contribution in [0.4, 0.5) is 0 Å². The number of hydrogen-bond donors (Lipinski definition) is 1. The van der Waals surface area contributed by atoms with Crippen molar-refractivity contribution >= 4 is 29.9 Å². The van der Waals surface area contributed by atoms with E-state index in [9.17, 15) is 0 Å². The lowest BCUT2D eigenvalue weighted by molar-refractivity contribution is 0.939. The topological polar surface area (TPSA) is 30.2 Å². The van der Waals surface area contributed by atoms with Gasteiger partial charge in [-0.1, -0.05) is 23.4 Å². The lowest BCUT2D eigenvalue weighted by Gasteiger charge is -1.92. The Labute approximate surface area is 97.9 Å². The highest BCUT2D eigenvalue weighted by atomic mass is 35.5. The smallest absolute Gasteiger partial charge is 0.172 e. The highest BCUT2D eigenvalue weighted by molar-refractivity contribution is 7.80. The minimum absolute atomic E-state index is 0.445. The fourth-order valence-electron chi connectivity index (χ4n) is 1.15. The van der Waals surface area contributed by atoms with Gasteiger partial charge in [-0.15, -0.1) is 0 Å². The van der Waals surface area contributed by atoms with Crippen LogP contribution in [0.15, 0.2) is 18.5 Å². The zero-order valence-corrected chi connectivity index (χ0v) is 9.46. The molecule has 5 heteroatoms. The van der Waals surface area contributed by atoms with E-state index in [4.69, 9.17) is 11.6 Å². The first kappa shape index (κ1) is 10.3. The Balaban J connectivity index is 2.45. The second-order valence-corrected chi connectivity index (χ2v) is 3.69. The van der Waals surface area contributed by atoms with Crippen LogP contribution in [0, 0.1) is 11.8 Å². The normalized spacial score (nSPS) is 10.0. The maximum Gasteiger partial charge on any atom is 0.172 e. The lowest BCUT2D eigenvalue weighted by Crippen LogP contribution is -1.89. The van der Waals surface area contributed by atoms with E-state index in [0.717, 1.165) is 17.7 Å². The number of hydrogen-bond acceptors (Lipinski definition) is 3. The van der Waals surface area contributed by atoms with E-state index in [-0.39, 0.29) is 0 Å². The van der Waals surface area contributed by atoms with Gasteiger partial charge < -0.3 is 0 Å². The Kier molecular flexibility index (Phi) is 3.14. The fraction of sp³-hybridized carbons (Fsp3) is 0.200. The molecule has 2 rings (SSSR count). The third-order valence-corrected chi connectivity index (χ3v) is 2.23. The third-order valence-electron chi connectivity index (χ3n) is 1.79. The van der Waals surface area contributed by atoms with E-state index in [1.807, 2.05) is 0 Å². The summed E-state index contributed by atoms with van der Waals surface area (Å²) in [5.74, 6) is 6.73. The van der Waals surface area contributed by atoms with Gasteiger partial charge >= 0.3 is 0 Å². The van der Waals surface area contributed by atoms with Crippen molar-refractivity contribution in [3.63, 3.8) is 0 Å². The van der Waals surface area contributed by atoms with Gasteiger partial charge in [0, 0.05) is 18.4 Å². The van der Waals surface area contributed by atoms with E-state index in [1.165, 1.54) is 0 Å². The molecule has 0 aromatic carbocycles. The maximum atomic E-state index is 5.80. The summed E-state index contributed by atoms with van der Waals surface area (Å²) in [6.45, 7) is 0. The minimum Gasteiger partial charge on any atom is -0.221 e. The molecule has 0 saturated heterocycles. The Bertz CT molecular complexity index is 538. The number of fused-ring (bicyclic) bond motifs is 1. The quantitative estimate of drug-likeness (QED) is 0.468. The number of aromatic nitrogens is 3. The van der Waals surface area contributed by atoms with E-state index < -0.39 is 0 Å². The number of thiol groups is 1. The second kappa shape index (κ2) is 4.56. The van der Waals surface area contributed by atoms with Crippen molar-refractivity contribution in [2.45, 2.75) is 6.42 Å². The maximum absolute atomic E-state index is 5.80. The van der Waals surface area contributed by atoms with Gasteiger partial charge in [0.05, 0.1) is 11.8 Å². The van der Waals surface area contributed by atoms with Crippen molar-refractivity contribution in [1.29, 1.82) is 0 Å². The van der Waals surface area contributed by atoms with Gasteiger partial charge in [0.15, 0.2) is 5.65 Å². The molecule has 0 fully saturated rings. The van der Waals surface area contributed by atoms with Gasteiger partial charge in [-0.3, -0.25) is 0 Å². The molecule has 0 unspecified atom stereocenters. The SMILES string of the molecule is SCCC#Cc1cnn2ccc(Cl)nc12. The molecule has 15 heavy (non-hydrogen) atoms. The predicted octanol–water partition coefficient (Wildman–Crippen LogP) is 2.05. The molecule has 2 aromatic rings. The summed E-state index contributed by atoms with van der Waals surface area (Å²) in [5.41, 5.74) is 1.48. The van der Waals surface area contributed by atoms with Gasteiger partial charge in [0.25, 0.3) is 0 Å². The molecule has 2 aromatic heterocycles. The summed E-state index contributed by atoms with van der Waals surface area (Å²) in [4.78, 5) is 4.16. The molecule has 3 nitrogen and oxygen atoms in total. The second-order valence-electron chi connectivity index (χ2n) is 2.85. The van der Waals surface area contributed by atoms with Gasteiger partial charge in [0.1, 0.15) is 5.15 Å². The standard InChI is InChI=1S/C10H8ClN3S/c11-9-4-5-14-10(13-9)8(7-12-14)3-1-2-6-15/h4-5,7,15H,2,6H2. The molecule has 0 spiro atoms. The summed E-state index contributed by atoms with van der Waals surface area (Å²) in [6.07, 6.45) is 4.19. The van der Waals surface area contributed by atoms with Crippen molar-refractivity contribution in [3.8, 4) is 11.8 Å². The number of nitrogens with zero attached hydrogens (tertiary/aromatic N) is 3. The monoisotopic (exact) mass is 237 g/mol. The summed E-state index contributed by atoms with van der Waals surface area (Å²) in [5, 5.41) is 4.56. The molecule has 0 aliphatic carbocycles. The van der Waals surface area contributed by atoms with E-state index >= 15 is 0 Å². The zero-order valence-electron chi connectivity index (χ0n) is 7.81. The summed E-state index contributed by atoms with van der Waals surface area (Å²) in [7, 11) is 0. The summed E-state index contributed by atoms with van der Waals surface area (Å²) >= 11 is 9.88. The molecule has 0 saturated carbocycles. The van der Waals surface area contributed by atoms with Gasteiger partial charge in [-0.25, -0.2) is 9.50 Å². The van der Waals surface area contributed by atoms with Crippen LogP contribution < -0.4 is 0 Å². The molecule has 2 heterocycles. The largest absolute Gasteiger partial charge is 0.221 e. The molecular formula is C10H8ClN3S. The average molecular weight is 238 g/mol. The first-order chi connectivity index (χ1) is 7.31. The number of rotatable bonds is 1. The Hall–Kier alpha value is -1.18. The molecule has 0 aliphatic heterocycles. The molecule has 0 atom stereocenters.